The maximum atomic E-state index is 11.7. The Morgan fingerprint density at radius 1 is 0.905 bits per heavy atom. The molecule has 0 aromatic heterocycles. The summed E-state index contributed by atoms with van der Waals surface area (Å²) >= 11 is 0. The van der Waals surface area contributed by atoms with Crippen molar-refractivity contribution in [2.45, 2.75) is 68.4 Å². The number of rotatable bonds is 3. The van der Waals surface area contributed by atoms with Gasteiger partial charge < -0.3 is 4.74 Å². The molecule has 0 spiro atoms. The zero-order valence-corrected chi connectivity index (χ0v) is 15.0. The van der Waals surface area contributed by atoms with Gasteiger partial charge in [-0.3, -0.25) is 4.79 Å². The Morgan fingerprint density at radius 3 is 1.71 bits per heavy atom. The fraction of sp³-hybridized carbons (Fsp3) is 0.632. The lowest BCUT2D eigenvalue weighted by Crippen LogP contribution is -2.22. The predicted octanol–water partition coefficient (Wildman–Crippen LogP) is 5.39. The fourth-order valence-electron chi connectivity index (χ4n) is 1.73. The van der Waals surface area contributed by atoms with Crippen molar-refractivity contribution in [3.8, 4) is 0 Å². The van der Waals surface area contributed by atoms with Gasteiger partial charge in [-0.1, -0.05) is 58.9 Å². The van der Waals surface area contributed by atoms with Crippen LogP contribution in [0.15, 0.2) is 24.3 Å². The normalized spacial score (nSPS) is 11.4. The molecule has 0 aliphatic rings. The maximum Gasteiger partial charge on any atom is 0.311 e. The summed E-state index contributed by atoms with van der Waals surface area (Å²) in [6.07, 6.45) is 1.05. The third-order valence-electron chi connectivity index (χ3n) is 2.74. The molecule has 0 amide bonds. The van der Waals surface area contributed by atoms with Crippen LogP contribution < -0.4 is 0 Å². The minimum absolute atomic E-state index is 0.161. The van der Waals surface area contributed by atoms with Crippen molar-refractivity contribution in [3.05, 3.63) is 35.4 Å². The van der Waals surface area contributed by atoms with Crippen molar-refractivity contribution in [2.75, 3.05) is 0 Å². The van der Waals surface area contributed by atoms with Gasteiger partial charge in [-0.15, -0.1) is 0 Å². The van der Waals surface area contributed by atoms with E-state index in [4.69, 9.17) is 4.74 Å². The Hall–Kier alpha value is -1.31. The van der Waals surface area contributed by atoms with Gasteiger partial charge in [0.25, 0.3) is 0 Å². The van der Waals surface area contributed by atoms with Crippen molar-refractivity contribution in [1.29, 1.82) is 0 Å². The first-order valence-corrected chi connectivity index (χ1v) is 7.83. The lowest BCUT2D eigenvalue weighted by molar-refractivity contribution is -0.154. The number of carbonyl (C=O) groups is 1. The summed E-state index contributed by atoms with van der Waals surface area (Å²) in [5.74, 6) is -0.161. The van der Waals surface area contributed by atoms with Crippen LogP contribution in [0.2, 0.25) is 0 Å². The van der Waals surface area contributed by atoms with Crippen LogP contribution in [0.4, 0.5) is 0 Å². The summed E-state index contributed by atoms with van der Waals surface area (Å²) in [6, 6.07) is 8.31. The smallest absolute Gasteiger partial charge is 0.311 e. The molecule has 1 rings (SSSR count). The van der Waals surface area contributed by atoms with Gasteiger partial charge in [-0.25, -0.2) is 0 Å². The summed E-state index contributed by atoms with van der Waals surface area (Å²) in [6.45, 7) is 16.6. The molecule has 1 aromatic rings. The summed E-state index contributed by atoms with van der Waals surface area (Å²) in [4.78, 5) is 11.7. The second-order valence-electron chi connectivity index (χ2n) is 7.38. The average Bonchev–Trinajstić information content (AvgIpc) is 2.37. The molecule has 0 heterocycles. The third-order valence-corrected chi connectivity index (χ3v) is 2.74. The molecule has 1 aromatic carbocycles. The highest BCUT2D eigenvalue weighted by Gasteiger charge is 2.22. The van der Waals surface area contributed by atoms with Crippen molar-refractivity contribution in [2.24, 2.45) is 10.8 Å². The Bertz CT molecular complexity index is 416. The number of hydrogen-bond acceptors (Lipinski definition) is 2. The monoisotopic (exact) mass is 292 g/mol. The van der Waals surface area contributed by atoms with E-state index in [0.29, 0.717) is 12.0 Å². The van der Waals surface area contributed by atoms with Crippen molar-refractivity contribution in [3.63, 3.8) is 0 Å². The van der Waals surface area contributed by atoms with Gasteiger partial charge in [0.05, 0.1) is 5.41 Å². The Morgan fingerprint density at radius 2 is 1.33 bits per heavy atom. The van der Waals surface area contributed by atoms with Crippen LogP contribution in [-0.4, -0.2) is 5.97 Å². The quantitative estimate of drug-likeness (QED) is 0.698. The first-order chi connectivity index (χ1) is 9.58. The first kappa shape index (κ1) is 19.7. The number of esters is 1. The third kappa shape index (κ3) is 8.54. The van der Waals surface area contributed by atoms with Gasteiger partial charge in [-0.05, 0) is 43.7 Å². The van der Waals surface area contributed by atoms with Gasteiger partial charge in [0.2, 0.25) is 0 Å². The summed E-state index contributed by atoms with van der Waals surface area (Å²) in [5, 5.41) is 0. The van der Waals surface area contributed by atoms with Crippen LogP contribution in [0.1, 0.15) is 66.5 Å². The van der Waals surface area contributed by atoms with E-state index in [1.807, 2.05) is 46.8 Å². The molecule has 2 nitrogen and oxygen atoms in total. The highest BCUT2D eigenvalue weighted by atomic mass is 16.5. The molecule has 0 fully saturated rings. The molecule has 21 heavy (non-hydrogen) atoms. The predicted molar refractivity (Wildman–Crippen MR) is 90.2 cm³/mol. The molecular formula is C19H32O2. The lowest BCUT2D eigenvalue weighted by Gasteiger charge is -2.18. The van der Waals surface area contributed by atoms with E-state index in [9.17, 15) is 4.79 Å². The summed E-state index contributed by atoms with van der Waals surface area (Å²) in [5.41, 5.74) is 2.21. The Kier molecular flexibility index (Phi) is 7.70. The molecule has 0 aliphatic carbocycles. The molecule has 0 saturated carbocycles. The van der Waals surface area contributed by atoms with Crippen LogP contribution in [0.25, 0.3) is 0 Å². The molecular weight excluding hydrogens is 260 g/mol. The summed E-state index contributed by atoms with van der Waals surface area (Å²) in [7, 11) is 0. The van der Waals surface area contributed by atoms with Crippen LogP contribution >= 0.6 is 0 Å². The Balaban J connectivity index is 0.00000191. The minimum Gasteiger partial charge on any atom is -0.460 e. The lowest BCUT2D eigenvalue weighted by atomic mass is 9.88. The Labute approximate surface area is 130 Å². The molecule has 0 N–H and O–H groups in total. The van der Waals surface area contributed by atoms with Gasteiger partial charge in [0, 0.05) is 0 Å². The standard InChI is InChI=1S/C17H26O2.C2H6/c1-16(2,3)11-13-7-9-14(10-8-13)12-19-15(18)17(4,5)6;1-2/h7-10H,11-12H2,1-6H3;1-2H3. The molecule has 120 valence electrons. The van der Waals surface area contributed by atoms with Crippen LogP contribution in [0.5, 0.6) is 0 Å². The molecule has 0 aliphatic heterocycles. The first-order valence-electron chi connectivity index (χ1n) is 7.83. The van der Waals surface area contributed by atoms with Gasteiger partial charge in [-0.2, -0.15) is 0 Å². The highest BCUT2D eigenvalue weighted by Crippen LogP contribution is 2.21. The molecule has 0 radical (unpaired) electrons. The highest BCUT2D eigenvalue weighted by molar-refractivity contribution is 5.75. The van der Waals surface area contributed by atoms with Crippen molar-refractivity contribution >= 4 is 5.97 Å². The minimum atomic E-state index is -0.438. The molecule has 2 heteroatoms. The van der Waals surface area contributed by atoms with Crippen LogP contribution in [-0.2, 0) is 22.6 Å². The largest absolute Gasteiger partial charge is 0.460 e. The van der Waals surface area contributed by atoms with Gasteiger partial charge >= 0.3 is 5.97 Å². The van der Waals surface area contributed by atoms with Crippen molar-refractivity contribution in [1.82, 2.24) is 0 Å². The second-order valence-corrected chi connectivity index (χ2v) is 7.38. The van der Waals surface area contributed by atoms with E-state index in [2.05, 4.69) is 32.9 Å². The van der Waals surface area contributed by atoms with E-state index in [1.165, 1.54) is 5.56 Å². The maximum absolute atomic E-state index is 11.7. The van der Waals surface area contributed by atoms with Gasteiger partial charge in [0.1, 0.15) is 6.61 Å². The topological polar surface area (TPSA) is 26.3 Å². The molecule has 0 saturated heterocycles. The second kappa shape index (κ2) is 8.21. The summed E-state index contributed by atoms with van der Waals surface area (Å²) < 4.78 is 5.29. The number of ether oxygens (including phenoxy) is 1. The zero-order chi connectivity index (χ0) is 16.7. The van der Waals surface area contributed by atoms with E-state index >= 15 is 0 Å². The van der Waals surface area contributed by atoms with Gasteiger partial charge in [0.15, 0.2) is 0 Å². The van der Waals surface area contributed by atoms with E-state index in [1.54, 1.807) is 0 Å². The van der Waals surface area contributed by atoms with Crippen LogP contribution in [0, 0.1) is 10.8 Å². The van der Waals surface area contributed by atoms with E-state index in [0.717, 1.165) is 12.0 Å². The molecule has 0 bridgehead atoms. The van der Waals surface area contributed by atoms with Crippen LogP contribution in [0.3, 0.4) is 0 Å². The van der Waals surface area contributed by atoms with E-state index < -0.39 is 5.41 Å². The SMILES string of the molecule is CC.CC(C)(C)Cc1ccc(COC(=O)C(C)(C)C)cc1. The fourth-order valence-corrected chi connectivity index (χ4v) is 1.73. The van der Waals surface area contributed by atoms with E-state index in [-0.39, 0.29) is 5.97 Å². The molecule has 0 atom stereocenters. The zero-order valence-electron chi connectivity index (χ0n) is 15.0. The number of carbonyl (C=O) groups excluding carboxylic acids is 1. The molecule has 0 unspecified atom stereocenters. The van der Waals surface area contributed by atoms with Crippen molar-refractivity contribution < 1.29 is 9.53 Å². The average molecular weight is 292 g/mol. The number of hydrogen-bond donors (Lipinski definition) is 0. The number of benzene rings is 1.